The number of hydrogen-bond acceptors (Lipinski definition) is 2. The Morgan fingerprint density at radius 2 is 2.25 bits per heavy atom. The van der Waals surface area contributed by atoms with Gasteiger partial charge in [0, 0.05) is 12.5 Å². The molecule has 0 fully saturated rings. The number of carbonyl (C=O) groups is 1. The average molecular weight is 220 g/mol. The van der Waals surface area contributed by atoms with Crippen LogP contribution in [-0.4, -0.2) is 12.4 Å². The molecular formula is C13H13FO2. The number of halogens is 1. The van der Waals surface area contributed by atoms with E-state index >= 15 is 0 Å². The normalized spacial score (nSPS) is 9.19. The van der Waals surface area contributed by atoms with Crippen LogP contribution in [0.5, 0.6) is 5.75 Å². The van der Waals surface area contributed by atoms with E-state index in [-0.39, 0.29) is 11.5 Å². The summed E-state index contributed by atoms with van der Waals surface area (Å²) in [6.07, 6.45) is 0.560. The summed E-state index contributed by atoms with van der Waals surface area (Å²) < 4.78 is 18.3. The maximum Gasteiger partial charge on any atom is 0.163 e. The lowest BCUT2D eigenvalue weighted by Gasteiger charge is -2.08. The van der Waals surface area contributed by atoms with E-state index in [0.29, 0.717) is 18.6 Å². The maximum atomic E-state index is 13.0. The second-order valence-electron chi connectivity index (χ2n) is 3.22. The molecule has 16 heavy (non-hydrogen) atoms. The van der Waals surface area contributed by atoms with Gasteiger partial charge in [-0.05, 0) is 26.0 Å². The van der Waals surface area contributed by atoms with Gasteiger partial charge in [-0.2, -0.15) is 0 Å². The topological polar surface area (TPSA) is 26.3 Å². The first kappa shape index (κ1) is 12.3. The highest BCUT2D eigenvalue weighted by Gasteiger charge is 2.09. The van der Waals surface area contributed by atoms with Crippen molar-refractivity contribution in [1.29, 1.82) is 0 Å². The van der Waals surface area contributed by atoms with Gasteiger partial charge in [-0.25, -0.2) is 4.39 Å². The van der Waals surface area contributed by atoms with Crippen LogP contribution < -0.4 is 4.74 Å². The number of rotatable bonds is 4. The summed E-state index contributed by atoms with van der Waals surface area (Å²) in [4.78, 5) is 11.2. The van der Waals surface area contributed by atoms with Gasteiger partial charge in [-0.15, -0.1) is 11.8 Å². The van der Waals surface area contributed by atoms with E-state index in [0.717, 1.165) is 0 Å². The van der Waals surface area contributed by atoms with Gasteiger partial charge in [0.15, 0.2) is 5.78 Å². The van der Waals surface area contributed by atoms with E-state index in [1.807, 2.05) is 0 Å². The van der Waals surface area contributed by atoms with Crippen molar-refractivity contribution in [3.63, 3.8) is 0 Å². The first-order valence-corrected chi connectivity index (χ1v) is 4.98. The van der Waals surface area contributed by atoms with Crippen molar-refractivity contribution in [3.8, 4) is 17.6 Å². The lowest BCUT2D eigenvalue weighted by molar-refractivity contribution is 0.101. The van der Waals surface area contributed by atoms with E-state index in [2.05, 4.69) is 11.8 Å². The van der Waals surface area contributed by atoms with Crippen LogP contribution in [0.2, 0.25) is 0 Å². The zero-order valence-corrected chi connectivity index (χ0v) is 9.34. The highest BCUT2D eigenvalue weighted by atomic mass is 19.1. The molecule has 0 saturated carbocycles. The van der Waals surface area contributed by atoms with Crippen molar-refractivity contribution in [2.75, 3.05) is 6.61 Å². The van der Waals surface area contributed by atoms with E-state index < -0.39 is 5.82 Å². The Hall–Kier alpha value is -1.82. The number of ketones is 1. The summed E-state index contributed by atoms with van der Waals surface area (Å²) in [6, 6.07) is 3.89. The first-order valence-electron chi connectivity index (χ1n) is 4.98. The Labute approximate surface area is 94.4 Å². The van der Waals surface area contributed by atoms with Gasteiger partial charge >= 0.3 is 0 Å². The molecule has 0 spiro atoms. The number of hydrogen-bond donors (Lipinski definition) is 0. The van der Waals surface area contributed by atoms with Gasteiger partial charge in [-0.1, -0.05) is 0 Å². The van der Waals surface area contributed by atoms with Gasteiger partial charge in [0.25, 0.3) is 0 Å². The summed E-state index contributed by atoms with van der Waals surface area (Å²) >= 11 is 0. The molecule has 1 rings (SSSR count). The number of carbonyl (C=O) groups excluding carboxylic acids is 1. The van der Waals surface area contributed by atoms with Gasteiger partial charge in [0.1, 0.15) is 11.6 Å². The van der Waals surface area contributed by atoms with Gasteiger partial charge in [0.05, 0.1) is 12.2 Å². The van der Waals surface area contributed by atoms with Crippen LogP contribution in [-0.2, 0) is 0 Å². The Bertz CT molecular complexity index is 441. The second-order valence-corrected chi connectivity index (χ2v) is 3.22. The molecular weight excluding hydrogens is 207 g/mol. The predicted octanol–water partition coefficient (Wildman–Crippen LogP) is 2.82. The molecule has 0 aromatic heterocycles. The van der Waals surface area contributed by atoms with Gasteiger partial charge < -0.3 is 4.74 Å². The van der Waals surface area contributed by atoms with E-state index in [1.54, 1.807) is 6.92 Å². The minimum absolute atomic E-state index is 0.142. The van der Waals surface area contributed by atoms with E-state index in [4.69, 9.17) is 4.74 Å². The summed E-state index contributed by atoms with van der Waals surface area (Å²) in [5.74, 6) is 5.29. The average Bonchev–Trinajstić information content (AvgIpc) is 2.24. The Kier molecular flexibility index (Phi) is 4.53. The fourth-order valence-corrected chi connectivity index (χ4v) is 1.24. The van der Waals surface area contributed by atoms with Crippen molar-refractivity contribution in [2.24, 2.45) is 0 Å². The fraction of sp³-hybridized carbons (Fsp3) is 0.308. The molecule has 0 radical (unpaired) electrons. The lowest BCUT2D eigenvalue weighted by atomic mass is 10.1. The summed E-state index contributed by atoms with van der Waals surface area (Å²) in [5.41, 5.74) is 0.394. The molecule has 0 aliphatic carbocycles. The minimum Gasteiger partial charge on any atom is -0.492 e. The SMILES string of the molecule is CC#CCCOc1cc(F)ccc1C(C)=O. The van der Waals surface area contributed by atoms with Crippen molar-refractivity contribution in [2.45, 2.75) is 20.3 Å². The zero-order valence-electron chi connectivity index (χ0n) is 9.34. The fourth-order valence-electron chi connectivity index (χ4n) is 1.24. The summed E-state index contributed by atoms with van der Waals surface area (Å²) in [5, 5.41) is 0. The van der Waals surface area contributed by atoms with Gasteiger partial charge in [0.2, 0.25) is 0 Å². The van der Waals surface area contributed by atoms with Crippen molar-refractivity contribution in [1.82, 2.24) is 0 Å². The molecule has 0 unspecified atom stereocenters. The highest BCUT2D eigenvalue weighted by Crippen LogP contribution is 2.20. The molecule has 84 valence electrons. The van der Waals surface area contributed by atoms with Crippen molar-refractivity contribution >= 4 is 5.78 Å². The molecule has 2 nitrogen and oxygen atoms in total. The number of ether oxygens (including phenoxy) is 1. The van der Waals surface area contributed by atoms with Crippen LogP contribution in [0, 0.1) is 17.7 Å². The first-order chi connectivity index (χ1) is 7.65. The minimum atomic E-state index is -0.415. The molecule has 0 aliphatic heterocycles. The summed E-state index contributed by atoms with van der Waals surface area (Å²) in [7, 11) is 0. The predicted molar refractivity (Wildman–Crippen MR) is 60.0 cm³/mol. The molecule has 0 saturated heterocycles. The molecule has 0 amide bonds. The largest absolute Gasteiger partial charge is 0.492 e. The highest BCUT2D eigenvalue weighted by molar-refractivity contribution is 5.96. The molecule has 0 heterocycles. The molecule has 1 aromatic rings. The Morgan fingerprint density at radius 1 is 1.50 bits per heavy atom. The lowest BCUT2D eigenvalue weighted by Crippen LogP contribution is -2.02. The Morgan fingerprint density at radius 3 is 2.88 bits per heavy atom. The molecule has 0 atom stereocenters. The third-order valence-electron chi connectivity index (χ3n) is 1.98. The molecule has 0 bridgehead atoms. The molecule has 1 aromatic carbocycles. The Balaban J connectivity index is 2.78. The van der Waals surface area contributed by atoms with E-state index in [1.165, 1.54) is 25.1 Å². The summed E-state index contributed by atoms with van der Waals surface area (Å²) in [6.45, 7) is 3.51. The van der Waals surface area contributed by atoms with Crippen LogP contribution in [0.3, 0.4) is 0 Å². The van der Waals surface area contributed by atoms with Crippen LogP contribution in [0.25, 0.3) is 0 Å². The maximum absolute atomic E-state index is 13.0. The van der Waals surface area contributed by atoms with Crippen molar-refractivity contribution in [3.05, 3.63) is 29.6 Å². The van der Waals surface area contributed by atoms with Crippen molar-refractivity contribution < 1.29 is 13.9 Å². The van der Waals surface area contributed by atoms with Crippen LogP contribution in [0.4, 0.5) is 4.39 Å². The second kappa shape index (κ2) is 5.92. The molecule has 0 N–H and O–H groups in total. The van der Waals surface area contributed by atoms with Gasteiger partial charge in [-0.3, -0.25) is 4.79 Å². The standard InChI is InChI=1S/C13H13FO2/c1-3-4-5-8-16-13-9-11(14)6-7-12(13)10(2)15/h6-7,9H,5,8H2,1-2H3. The number of benzene rings is 1. The quantitative estimate of drug-likeness (QED) is 0.443. The zero-order chi connectivity index (χ0) is 12.0. The van der Waals surface area contributed by atoms with Crippen LogP contribution >= 0.6 is 0 Å². The third-order valence-corrected chi connectivity index (χ3v) is 1.98. The van der Waals surface area contributed by atoms with Crippen LogP contribution in [0.15, 0.2) is 18.2 Å². The van der Waals surface area contributed by atoms with Crippen LogP contribution in [0.1, 0.15) is 30.6 Å². The monoisotopic (exact) mass is 220 g/mol. The third kappa shape index (κ3) is 3.39. The van der Waals surface area contributed by atoms with E-state index in [9.17, 15) is 9.18 Å². The molecule has 3 heteroatoms. The number of Topliss-reactive ketones (excluding diaryl/α,β-unsaturated/α-hetero) is 1. The molecule has 0 aliphatic rings. The smallest absolute Gasteiger partial charge is 0.163 e.